The molecule has 0 saturated carbocycles. The molecule has 5 nitrogen and oxygen atoms in total. The van der Waals surface area contributed by atoms with Gasteiger partial charge in [0.25, 0.3) is 0 Å². The third kappa shape index (κ3) is 1.94. The fourth-order valence-corrected chi connectivity index (χ4v) is 7.04. The first kappa shape index (κ1) is 18.5. The minimum absolute atomic E-state index is 0.0391. The summed E-state index contributed by atoms with van der Waals surface area (Å²) in [5.41, 5.74) is 0.950. The van der Waals surface area contributed by atoms with Gasteiger partial charge in [0, 0.05) is 16.6 Å². The highest BCUT2D eigenvalue weighted by Gasteiger charge is 2.74. The summed E-state index contributed by atoms with van der Waals surface area (Å²) >= 11 is 6.03. The molecule has 3 aromatic rings. The largest absolute Gasteiger partial charge is 0.292 e. The molecule has 3 saturated heterocycles. The lowest BCUT2D eigenvalue weighted by molar-refractivity contribution is -0.124. The Bertz CT molecular complexity index is 1360. The van der Waals surface area contributed by atoms with Crippen LogP contribution in [-0.2, 0) is 15.1 Å². The molecule has 2 amide bonds. The van der Waals surface area contributed by atoms with Crippen LogP contribution >= 0.6 is 11.6 Å². The molecular formula is C26H19ClN2O3. The molecule has 3 fully saturated rings. The van der Waals surface area contributed by atoms with Crippen molar-refractivity contribution in [3.05, 3.63) is 76.8 Å². The van der Waals surface area contributed by atoms with Gasteiger partial charge in [0.1, 0.15) is 5.54 Å². The number of benzene rings is 3. The average molecular weight is 443 g/mol. The number of halogens is 1. The van der Waals surface area contributed by atoms with Gasteiger partial charge < -0.3 is 0 Å². The van der Waals surface area contributed by atoms with Crippen LogP contribution in [-0.4, -0.2) is 35.1 Å². The van der Waals surface area contributed by atoms with Crippen molar-refractivity contribution in [1.29, 1.82) is 0 Å². The number of nitrogens with zero attached hydrogens (tertiary/aromatic N) is 2. The number of amides is 2. The molecule has 7 rings (SSSR count). The highest BCUT2D eigenvalue weighted by atomic mass is 35.5. The molecule has 0 radical (unpaired) electrons. The standard InChI is InChI=1S/C26H19ClN2O3/c27-15-9-11-16(12-10-15)29-24(31)21-19-8-3-13-28(19)26(22(21)25(29)32)18-7-2-5-14-4-1-6-17(20(14)18)23(26)30/h1-2,4-7,9-12,19,21-22H,3,8,13H2/t19-,21+,22-,26+/m0/s1. The number of ketones is 1. The predicted octanol–water partition coefficient (Wildman–Crippen LogP) is 4.17. The Kier molecular flexibility index (Phi) is 3.51. The second kappa shape index (κ2) is 6.06. The fraction of sp³-hybridized carbons (Fsp3) is 0.269. The van der Waals surface area contributed by atoms with E-state index in [9.17, 15) is 14.4 Å². The van der Waals surface area contributed by atoms with Crippen molar-refractivity contribution in [2.45, 2.75) is 24.4 Å². The summed E-state index contributed by atoms with van der Waals surface area (Å²) in [6, 6.07) is 18.4. The first-order chi connectivity index (χ1) is 15.5. The molecule has 0 aromatic heterocycles. The lowest BCUT2D eigenvalue weighted by Crippen LogP contribution is -2.53. The van der Waals surface area contributed by atoms with E-state index >= 15 is 0 Å². The number of hydrogen-bond acceptors (Lipinski definition) is 4. The molecule has 3 heterocycles. The van der Waals surface area contributed by atoms with Gasteiger partial charge in [-0.3, -0.25) is 19.3 Å². The number of fused-ring (bicyclic) bond motifs is 6. The van der Waals surface area contributed by atoms with Crippen molar-refractivity contribution >= 4 is 45.7 Å². The number of carbonyl (C=O) groups excluding carboxylic acids is 3. The van der Waals surface area contributed by atoms with Crippen molar-refractivity contribution in [2.75, 3.05) is 11.4 Å². The SMILES string of the molecule is O=C1[C@H]2[C@@H](C(=O)N1c1ccc(Cl)cc1)[C@]1(C(=O)c3cccc4cccc1c34)N1CCC[C@@H]21. The molecule has 4 atom stereocenters. The smallest absolute Gasteiger partial charge is 0.240 e. The summed E-state index contributed by atoms with van der Waals surface area (Å²) in [7, 11) is 0. The zero-order valence-electron chi connectivity index (χ0n) is 17.1. The first-order valence-corrected chi connectivity index (χ1v) is 11.4. The molecule has 0 N–H and O–H groups in total. The van der Waals surface area contributed by atoms with Crippen LogP contribution < -0.4 is 4.90 Å². The van der Waals surface area contributed by atoms with Crippen LogP contribution in [0.2, 0.25) is 5.02 Å². The number of Topliss-reactive ketones (excluding diaryl/α,β-unsaturated/α-hetero) is 1. The number of hydrogen-bond donors (Lipinski definition) is 0. The van der Waals surface area contributed by atoms with Gasteiger partial charge in [0.2, 0.25) is 11.8 Å². The highest BCUT2D eigenvalue weighted by molar-refractivity contribution is 6.31. The predicted molar refractivity (Wildman–Crippen MR) is 121 cm³/mol. The van der Waals surface area contributed by atoms with E-state index in [0.29, 0.717) is 16.3 Å². The van der Waals surface area contributed by atoms with E-state index < -0.39 is 17.4 Å². The minimum atomic E-state index is -1.11. The van der Waals surface area contributed by atoms with E-state index in [2.05, 4.69) is 4.90 Å². The van der Waals surface area contributed by atoms with Crippen molar-refractivity contribution in [2.24, 2.45) is 11.8 Å². The molecule has 158 valence electrons. The van der Waals surface area contributed by atoms with E-state index in [1.807, 2.05) is 36.4 Å². The van der Waals surface area contributed by atoms with Crippen molar-refractivity contribution in [3.63, 3.8) is 0 Å². The van der Waals surface area contributed by atoms with Gasteiger partial charge in [-0.1, -0.05) is 48.0 Å². The Labute approximate surface area is 189 Å². The second-order valence-corrected chi connectivity index (χ2v) is 9.64. The van der Waals surface area contributed by atoms with E-state index in [1.54, 1.807) is 24.3 Å². The van der Waals surface area contributed by atoms with E-state index in [4.69, 9.17) is 11.6 Å². The topological polar surface area (TPSA) is 57.7 Å². The monoisotopic (exact) mass is 442 g/mol. The Morgan fingerprint density at radius 1 is 0.906 bits per heavy atom. The van der Waals surface area contributed by atoms with Gasteiger partial charge in [-0.25, -0.2) is 4.90 Å². The molecule has 1 spiro atoms. The maximum Gasteiger partial charge on any atom is 0.240 e. The molecule has 4 aliphatic rings. The zero-order valence-corrected chi connectivity index (χ0v) is 17.9. The molecule has 1 aliphatic carbocycles. The summed E-state index contributed by atoms with van der Waals surface area (Å²) < 4.78 is 0. The molecule has 3 aliphatic heterocycles. The molecule has 0 bridgehead atoms. The summed E-state index contributed by atoms with van der Waals surface area (Å²) in [5.74, 6) is -1.76. The van der Waals surface area contributed by atoms with Crippen LogP contribution in [0.4, 0.5) is 5.69 Å². The summed E-state index contributed by atoms with van der Waals surface area (Å²) in [4.78, 5) is 45.4. The zero-order chi connectivity index (χ0) is 21.8. The summed E-state index contributed by atoms with van der Waals surface area (Å²) in [5, 5.41) is 2.46. The van der Waals surface area contributed by atoms with E-state index in [-0.39, 0.29) is 23.6 Å². The normalized spacial score (nSPS) is 30.7. The van der Waals surface area contributed by atoms with Crippen LogP contribution in [0.15, 0.2) is 60.7 Å². The third-order valence-electron chi connectivity index (χ3n) is 7.96. The molecule has 32 heavy (non-hydrogen) atoms. The van der Waals surface area contributed by atoms with E-state index in [0.717, 1.165) is 35.7 Å². The summed E-state index contributed by atoms with van der Waals surface area (Å²) in [6.45, 7) is 0.718. The molecule has 0 unspecified atom stereocenters. The van der Waals surface area contributed by atoms with Crippen LogP contribution in [0.5, 0.6) is 0 Å². The lowest BCUT2D eigenvalue weighted by Gasteiger charge is -2.38. The Hall–Kier alpha value is -3.02. The van der Waals surface area contributed by atoms with Crippen molar-refractivity contribution in [3.8, 4) is 0 Å². The highest BCUT2D eigenvalue weighted by Crippen LogP contribution is 2.61. The van der Waals surface area contributed by atoms with Gasteiger partial charge in [-0.2, -0.15) is 0 Å². The van der Waals surface area contributed by atoms with Crippen LogP contribution in [0.1, 0.15) is 28.8 Å². The number of rotatable bonds is 1. The number of anilines is 1. The van der Waals surface area contributed by atoms with Crippen LogP contribution in [0.25, 0.3) is 10.8 Å². The van der Waals surface area contributed by atoms with Crippen LogP contribution in [0, 0.1) is 11.8 Å². The van der Waals surface area contributed by atoms with Gasteiger partial charge >= 0.3 is 0 Å². The quantitative estimate of drug-likeness (QED) is 0.531. The Balaban J connectivity index is 1.48. The van der Waals surface area contributed by atoms with Gasteiger partial charge in [0.05, 0.1) is 17.5 Å². The second-order valence-electron chi connectivity index (χ2n) is 9.20. The van der Waals surface area contributed by atoms with Gasteiger partial charge in [-0.15, -0.1) is 0 Å². The minimum Gasteiger partial charge on any atom is -0.292 e. The van der Waals surface area contributed by atoms with Gasteiger partial charge in [-0.05, 0) is 60.0 Å². The number of imide groups is 1. The maximum absolute atomic E-state index is 14.2. The molecule has 3 aromatic carbocycles. The Morgan fingerprint density at radius 2 is 1.66 bits per heavy atom. The maximum atomic E-state index is 14.2. The molecule has 6 heteroatoms. The Morgan fingerprint density at radius 3 is 2.44 bits per heavy atom. The van der Waals surface area contributed by atoms with Gasteiger partial charge in [0.15, 0.2) is 5.78 Å². The summed E-state index contributed by atoms with van der Waals surface area (Å²) in [6.07, 6.45) is 1.73. The lowest BCUT2D eigenvalue weighted by atomic mass is 9.74. The van der Waals surface area contributed by atoms with Crippen LogP contribution in [0.3, 0.4) is 0 Å². The van der Waals surface area contributed by atoms with E-state index in [1.165, 1.54) is 4.90 Å². The first-order valence-electron chi connectivity index (χ1n) is 11.0. The van der Waals surface area contributed by atoms with Crippen molar-refractivity contribution in [1.82, 2.24) is 4.90 Å². The van der Waals surface area contributed by atoms with Crippen molar-refractivity contribution < 1.29 is 14.4 Å². The number of carbonyl (C=O) groups is 3. The fourth-order valence-electron chi connectivity index (χ4n) is 6.91. The average Bonchev–Trinajstić information content (AvgIpc) is 3.50. The molecular weight excluding hydrogens is 424 g/mol. The third-order valence-corrected chi connectivity index (χ3v) is 8.21.